The van der Waals surface area contributed by atoms with Crippen molar-refractivity contribution in [3.05, 3.63) is 30.0 Å². The van der Waals surface area contributed by atoms with Gasteiger partial charge in [0.05, 0.1) is 17.1 Å². The van der Waals surface area contributed by atoms with Gasteiger partial charge >= 0.3 is 6.09 Å². The van der Waals surface area contributed by atoms with Gasteiger partial charge in [-0.3, -0.25) is 0 Å². The largest absolute Gasteiger partial charge is 0.444 e. The molecule has 0 aliphatic carbocycles. The number of carbonyl (C=O) groups excluding carboxylic acids is 1. The summed E-state index contributed by atoms with van der Waals surface area (Å²) < 4.78 is 5.39. The summed E-state index contributed by atoms with van der Waals surface area (Å²) in [5, 5.41) is 10.2. The van der Waals surface area contributed by atoms with Gasteiger partial charge in [-0.05, 0) is 39.0 Å². The lowest BCUT2D eigenvalue weighted by molar-refractivity contribution is 0.00854. The fraction of sp³-hybridized carbons (Fsp3) is 0.444. The third-order valence-electron chi connectivity index (χ3n) is 4.26. The molecule has 126 valence electrons. The monoisotopic (exact) mass is 326 g/mol. The highest BCUT2D eigenvalue weighted by molar-refractivity contribution is 5.96. The van der Waals surface area contributed by atoms with Crippen LogP contribution in [0.3, 0.4) is 0 Å². The number of H-pyrrole nitrogens is 1. The van der Waals surface area contributed by atoms with Crippen LogP contribution in [0.25, 0.3) is 10.9 Å². The van der Waals surface area contributed by atoms with E-state index in [1.165, 1.54) is 0 Å². The fourth-order valence-electron chi connectivity index (χ4n) is 2.91. The summed E-state index contributed by atoms with van der Waals surface area (Å²) in [6.45, 7) is 6.88. The molecule has 1 aromatic carbocycles. The minimum absolute atomic E-state index is 0.239. The summed E-state index contributed by atoms with van der Waals surface area (Å²) in [4.78, 5) is 19.1. The minimum atomic E-state index is -0.474. The number of aromatic amines is 1. The van der Waals surface area contributed by atoms with Gasteiger partial charge in [0.2, 0.25) is 0 Å². The number of hydrogen-bond donors (Lipinski definition) is 1. The normalized spacial score (nSPS) is 15.0. The van der Waals surface area contributed by atoms with Crippen molar-refractivity contribution >= 4 is 22.7 Å². The molecule has 6 nitrogen and oxygen atoms in total. The van der Waals surface area contributed by atoms with Crippen molar-refractivity contribution in [2.75, 3.05) is 25.0 Å². The molecule has 3 rings (SSSR count). The quantitative estimate of drug-likeness (QED) is 0.920. The van der Waals surface area contributed by atoms with Crippen molar-refractivity contribution in [3.63, 3.8) is 0 Å². The molecule has 1 N–H and O–H groups in total. The lowest BCUT2D eigenvalue weighted by atomic mass is 10.0. The first kappa shape index (κ1) is 16.2. The number of amides is 1. The van der Waals surface area contributed by atoms with E-state index >= 15 is 0 Å². The molecule has 0 saturated carbocycles. The average molecular weight is 326 g/mol. The zero-order valence-electron chi connectivity index (χ0n) is 14.5. The number of hydrogen-bond acceptors (Lipinski definition) is 4. The molecular formula is C18H22N4O2. The Bertz CT molecular complexity index is 807. The van der Waals surface area contributed by atoms with Gasteiger partial charge in [0.1, 0.15) is 11.7 Å². The highest BCUT2D eigenvalue weighted by atomic mass is 16.6. The van der Waals surface area contributed by atoms with Gasteiger partial charge < -0.3 is 19.5 Å². The van der Waals surface area contributed by atoms with Crippen LogP contribution in [0, 0.1) is 11.3 Å². The second-order valence-corrected chi connectivity index (χ2v) is 7.16. The highest BCUT2D eigenvalue weighted by Gasteiger charge is 2.36. The number of likely N-dealkylation sites (tertiary alicyclic amines) is 1. The van der Waals surface area contributed by atoms with Crippen molar-refractivity contribution in [1.29, 1.82) is 5.26 Å². The Kier molecular flexibility index (Phi) is 3.88. The number of nitrogens with one attached hydrogen (secondary N) is 1. The van der Waals surface area contributed by atoms with Crippen molar-refractivity contribution < 1.29 is 9.53 Å². The Morgan fingerprint density at radius 1 is 1.38 bits per heavy atom. The molecule has 0 bridgehead atoms. The Morgan fingerprint density at radius 2 is 2.08 bits per heavy atom. The number of anilines is 1. The first-order chi connectivity index (χ1) is 11.3. The standard InChI is InChI=1S/C18H22N4O2/c1-18(2,3)24-17(23)22-10-13(11-22)21(4)15-6-5-12(9-19)16-14(15)7-8-20-16/h5-8,13,20H,10-11H2,1-4H3. The first-order valence-corrected chi connectivity index (χ1v) is 8.01. The van der Waals surface area contributed by atoms with Gasteiger partial charge in [-0.1, -0.05) is 0 Å². The smallest absolute Gasteiger partial charge is 0.410 e. The van der Waals surface area contributed by atoms with Crippen LogP contribution in [0.5, 0.6) is 0 Å². The molecule has 1 saturated heterocycles. The first-order valence-electron chi connectivity index (χ1n) is 8.01. The summed E-state index contributed by atoms with van der Waals surface area (Å²) >= 11 is 0. The number of nitrogens with zero attached hydrogens (tertiary/aromatic N) is 3. The zero-order chi connectivity index (χ0) is 17.5. The predicted octanol–water partition coefficient (Wildman–Crippen LogP) is 3.10. The van der Waals surface area contributed by atoms with E-state index in [2.05, 4.69) is 16.0 Å². The second-order valence-electron chi connectivity index (χ2n) is 7.16. The van der Waals surface area contributed by atoms with Crippen LogP contribution in [0.15, 0.2) is 24.4 Å². The van der Waals surface area contributed by atoms with Crippen LogP contribution in [0.1, 0.15) is 26.3 Å². The van der Waals surface area contributed by atoms with E-state index in [0.29, 0.717) is 18.7 Å². The third kappa shape index (κ3) is 2.90. The Morgan fingerprint density at radius 3 is 2.71 bits per heavy atom. The molecule has 6 heteroatoms. The van der Waals surface area contributed by atoms with Crippen LogP contribution < -0.4 is 4.90 Å². The van der Waals surface area contributed by atoms with Crippen LogP contribution >= 0.6 is 0 Å². The lowest BCUT2D eigenvalue weighted by Crippen LogP contribution is -2.61. The minimum Gasteiger partial charge on any atom is -0.444 e. The van der Waals surface area contributed by atoms with E-state index in [4.69, 9.17) is 4.74 Å². The number of nitriles is 1. The van der Waals surface area contributed by atoms with Crippen LogP contribution in [0.4, 0.5) is 10.5 Å². The number of aromatic nitrogens is 1. The summed E-state index contributed by atoms with van der Waals surface area (Å²) in [5.41, 5.74) is 2.07. The summed E-state index contributed by atoms with van der Waals surface area (Å²) in [5.74, 6) is 0. The third-order valence-corrected chi connectivity index (χ3v) is 4.26. The predicted molar refractivity (Wildman–Crippen MR) is 93.0 cm³/mol. The molecule has 1 aromatic heterocycles. The van der Waals surface area contributed by atoms with Gasteiger partial charge in [-0.2, -0.15) is 5.26 Å². The van der Waals surface area contributed by atoms with E-state index in [1.54, 1.807) is 4.90 Å². The molecule has 1 aliphatic rings. The van der Waals surface area contributed by atoms with Gasteiger partial charge in [0.25, 0.3) is 0 Å². The summed E-state index contributed by atoms with van der Waals surface area (Å²) in [7, 11) is 2.02. The van der Waals surface area contributed by atoms with E-state index in [0.717, 1.165) is 16.6 Å². The molecule has 0 unspecified atom stereocenters. The SMILES string of the molecule is CN(c1ccc(C#N)c2[nH]ccc12)C1CN(C(=O)OC(C)(C)C)C1. The van der Waals surface area contributed by atoms with E-state index in [-0.39, 0.29) is 12.1 Å². The lowest BCUT2D eigenvalue weighted by Gasteiger charge is -2.45. The Balaban J connectivity index is 1.72. The number of ether oxygens (including phenoxy) is 1. The van der Waals surface area contributed by atoms with Crippen LogP contribution in [0.2, 0.25) is 0 Å². The Labute approximate surface area is 141 Å². The number of benzene rings is 1. The van der Waals surface area contributed by atoms with E-state index in [1.807, 2.05) is 52.2 Å². The maximum Gasteiger partial charge on any atom is 0.410 e. The topological polar surface area (TPSA) is 72.4 Å². The Hall–Kier alpha value is -2.68. The molecule has 0 radical (unpaired) electrons. The van der Waals surface area contributed by atoms with Crippen LogP contribution in [-0.4, -0.2) is 47.8 Å². The summed E-state index contributed by atoms with van der Waals surface area (Å²) in [6.07, 6.45) is 1.58. The zero-order valence-corrected chi connectivity index (χ0v) is 14.5. The molecule has 2 aromatic rings. The van der Waals surface area contributed by atoms with Crippen molar-refractivity contribution in [2.24, 2.45) is 0 Å². The fourth-order valence-corrected chi connectivity index (χ4v) is 2.91. The van der Waals surface area contributed by atoms with E-state index in [9.17, 15) is 10.1 Å². The van der Waals surface area contributed by atoms with Gasteiger partial charge in [0.15, 0.2) is 0 Å². The number of fused-ring (bicyclic) bond motifs is 1. The maximum absolute atomic E-state index is 12.0. The van der Waals surface area contributed by atoms with Crippen molar-refractivity contribution in [3.8, 4) is 6.07 Å². The number of rotatable bonds is 2. The molecule has 1 fully saturated rings. The molecule has 1 amide bonds. The maximum atomic E-state index is 12.0. The molecule has 24 heavy (non-hydrogen) atoms. The summed E-state index contributed by atoms with van der Waals surface area (Å²) in [6, 6.07) is 8.21. The average Bonchev–Trinajstić information content (AvgIpc) is 2.91. The van der Waals surface area contributed by atoms with Gasteiger partial charge in [-0.25, -0.2) is 4.79 Å². The molecule has 2 heterocycles. The molecule has 1 aliphatic heterocycles. The van der Waals surface area contributed by atoms with E-state index < -0.39 is 5.60 Å². The second kappa shape index (κ2) is 5.75. The van der Waals surface area contributed by atoms with Crippen LogP contribution in [-0.2, 0) is 4.74 Å². The van der Waals surface area contributed by atoms with Crippen molar-refractivity contribution in [1.82, 2.24) is 9.88 Å². The molecule has 0 spiro atoms. The molecular weight excluding hydrogens is 304 g/mol. The highest BCUT2D eigenvalue weighted by Crippen LogP contribution is 2.31. The van der Waals surface area contributed by atoms with Crippen molar-refractivity contribution in [2.45, 2.75) is 32.4 Å². The number of carbonyl (C=O) groups is 1. The molecule has 0 atom stereocenters. The number of likely N-dealkylation sites (N-methyl/N-ethyl adjacent to an activating group) is 1. The van der Waals surface area contributed by atoms with Gasteiger partial charge in [-0.15, -0.1) is 0 Å². The van der Waals surface area contributed by atoms with Gasteiger partial charge in [0, 0.05) is 37.4 Å².